The molecule has 1 aromatic heterocycles. The molecule has 0 spiro atoms. The summed E-state index contributed by atoms with van der Waals surface area (Å²) >= 11 is 1.10. The molecule has 1 aromatic rings. The third kappa shape index (κ3) is 2.97. The molecule has 1 saturated heterocycles. The Bertz CT molecular complexity index is 424. The second-order valence-corrected chi connectivity index (χ2v) is 4.84. The summed E-state index contributed by atoms with van der Waals surface area (Å²) in [6.07, 6.45) is -0.0397. The topological polar surface area (TPSA) is 38.8 Å². The second kappa shape index (κ2) is 5.62. The Labute approximate surface area is 107 Å². The average molecular weight is 277 g/mol. The van der Waals surface area contributed by atoms with Gasteiger partial charge >= 0.3 is 6.61 Å². The number of thiophene rings is 1. The third-order valence-corrected chi connectivity index (χ3v) is 3.45. The Hall–Kier alpha value is -1.21. The number of morpholine rings is 1. The monoisotopic (exact) mass is 277 g/mol. The molecule has 1 aliphatic heterocycles. The molecule has 1 amide bonds. The number of hydrogen-bond donors (Lipinski definition) is 0. The van der Waals surface area contributed by atoms with Crippen molar-refractivity contribution in [3.63, 3.8) is 0 Å². The molecule has 100 valence electrons. The highest BCUT2D eigenvalue weighted by molar-refractivity contribution is 7.12. The highest BCUT2D eigenvalue weighted by Crippen LogP contribution is 2.28. The van der Waals surface area contributed by atoms with Gasteiger partial charge in [0.05, 0.1) is 12.7 Å². The number of carbonyl (C=O) groups is 1. The number of alkyl halides is 2. The molecule has 1 atom stereocenters. The average Bonchev–Trinajstić information content (AvgIpc) is 2.75. The standard InChI is InChI=1S/C11H13F2NO3S/c1-7-6-14(3-4-16-7)10(15)9-8(2-5-18-9)17-11(12)13/h2,5,7,11H,3-4,6H2,1H3/t7-/m0/s1. The quantitative estimate of drug-likeness (QED) is 0.850. The van der Waals surface area contributed by atoms with E-state index in [1.807, 2.05) is 6.92 Å². The molecule has 0 unspecified atom stereocenters. The molecule has 0 aromatic carbocycles. The number of ether oxygens (including phenoxy) is 2. The molecule has 0 radical (unpaired) electrons. The van der Waals surface area contributed by atoms with Crippen molar-refractivity contribution in [3.05, 3.63) is 16.3 Å². The van der Waals surface area contributed by atoms with E-state index in [-0.39, 0.29) is 22.6 Å². The first-order chi connectivity index (χ1) is 8.58. The maximum Gasteiger partial charge on any atom is 0.387 e. The van der Waals surface area contributed by atoms with Crippen LogP contribution in [0.5, 0.6) is 5.75 Å². The van der Waals surface area contributed by atoms with E-state index >= 15 is 0 Å². The molecule has 4 nitrogen and oxygen atoms in total. The van der Waals surface area contributed by atoms with Gasteiger partial charge in [0.15, 0.2) is 0 Å². The van der Waals surface area contributed by atoms with E-state index in [2.05, 4.69) is 4.74 Å². The minimum absolute atomic E-state index is 0.0397. The highest BCUT2D eigenvalue weighted by atomic mass is 32.1. The summed E-state index contributed by atoms with van der Waals surface area (Å²) in [6.45, 7) is 0.336. The van der Waals surface area contributed by atoms with Gasteiger partial charge in [-0.05, 0) is 18.4 Å². The zero-order valence-electron chi connectivity index (χ0n) is 9.77. The Balaban J connectivity index is 2.10. The molecular formula is C11H13F2NO3S. The summed E-state index contributed by atoms with van der Waals surface area (Å²) < 4.78 is 34.0. The van der Waals surface area contributed by atoms with Gasteiger partial charge in [0.1, 0.15) is 10.6 Å². The summed E-state index contributed by atoms with van der Waals surface area (Å²) in [5, 5.41) is 1.56. The van der Waals surface area contributed by atoms with Crippen molar-refractivity contribution < 1.29 is 23.0 Å². The van der Waals surface area contributed by atoms with Crippen molar-refractivity contribution >= 4 is 17.2 Å². The van der Waals surface area contributed by atoms with Crippen LogP contribution in [0.2, 0.25) is 0 Å². The molecule has 2 rings (SSSR count). The number of hydrogen-bond acceptors (Lipinski definition) is 4. The Morgan fingerprint density at radius 3 is 3.11 bits per heavy atom. The van der Waals surface area contributed by atoms with Crippen LogP contribution >= 0.6 is 11.3 Å². The van der Waals surface area contributed by atoms with Gasteiger partial charge in [-0.15, -0.1) is 11.3 Å². The van der Waals surface area contributed by atoms with Crippen molar-refractivity contribution in [1.29, 1.82) is 0 Å². The van der Waals surface area contributed by atoms with Gasteiger partial charge in [-0.1, -0.05) is 0 Å². The van der Waals surface area contributed by atoms with Crippen LogP contribution in [-0.4, -0.2) is 43.2 Å². The molecule has 0 aliphatic carbocycles. The highest BCUT2D eigenvalue weighted by Gasteiger charge is 2.26. The number of amides is 1. The van der Waals surface area contributed by atoms with Gasteiger partial charge in [0, 0.05) is 13.1 Å². The number of halogens is 2. The lowest BCUT2D eigenvalue weighted by molar-refractivity contribution is -0.0502. The van der Waals surface area contributed by atoms with E-state index < -0.39 is 6.61 Å². The van der Waals surface area contributed by atoms with Crippen LogP contribution in [0.4, 0.5) is 8.78 Å². The maximum atomic E-state index is 12.2. The first kappa shape index (κ1) is 13.2. The summed E-state index contributed by atoms with van der Waals surface area (Å²) in [5.74, 6) is -0.338. The molecule has 1 aliphatic rings. The van der Waals surface area contributed by atoms with Crippen LogP contribution in [-0.2, 0) is 4.74 Å². The fraction of sp³-hybridized carbons (Fsp3) is 0.545. The van der Waals surface area contributed by atoms with Crippen molar-refractivity contribution in [2.75, 3.05) is 19.7 Å². The summed E-state index contributed by atoms with van der Waals surface area (Å²) in [5.41, 5.74) is 0. The van der Waals surface area contributed by atoms with Crippen LogP contribution in [0.1, 0.15) is 16.6 Å². The van der Waals surface area contributed by atoms with Gasteiger partial charge in [-0.25, -0.2) is 0 Å². The van der Waals surface area contributed by atoms with Crippen LogP contribution in [0.15, 0.2) is 11.4 Å². The van der Waals surface area contributed by atoms with Crippen LogP contribution < -0.4 is 4.74 Å². The van der Waals surface area contributed by atoms with E-state index in [9.17, 15) is 13.6 Å². The Morgan fingerprint density at radius 2 is 2.44 bits per heavy atom. The normalized spacial score (nSPS) is 20.2. The maximum absolute atomic E-state index is 12.2. The fourth-order valence-corrected chi connectivity index (χ4v) is 2.58. The molecule has 2 heterocycles. The lowest BCUT2D eigenvalue weighted by atomic mass is 10.2. The number of rotatable bonds is 3. The molecule has 0 bridgehead atoms. The minimum atomic E-state index is -2.92. The predicted octanol–water partition coefficient (Wildman–Crippen LogP) is 2.21. The summed E-state index contributed by atoms with van der Waals surface area (Å²) in [4.78, 5) is 14.0. The minimum Gasteiger partial charge on any atom is -0.433 e. The van der Waals surface area contributed by atoms with Crippen LogP contribution in [0.3, 0.4) is 0 Å². The van der Waals surface area contributed by atoms with E-state index in [0.717, 1.165) is 11.3 Å². The third-order valence-electron chi connectivity index (χ3n) is 2.57. The molecule has 7 heteroatoms. The van der Waals surface area contributed by atoms with E-state index in [1.54, 1.807) is 10.3 Å². The van der Waals surface area contributed by atoms with E-state index in [0.29, 0.717) is 19.7 Å². The number of carbonyl (C=O) groups excluding carboxylic acids is 1. The number of nitrogens with zero attached hydrogens (tertiary/aromatic N) is 1. The first-order valence-electron chi connectivity index (χ1n) is 5.51. The van der Waals surface area contributed by atoms with Gasteiger partial charge in [0.2, 0.25) is 0 Å². The van der Waals surface area contributed by atoms with Gasteiger partial charge in [-0.3, -0.25) is 4.79 Å². The first-order valence-corrected chi connectivity index (χ1v) is 6.39. The molecule has 18 heavy (non-hydrogen) atoms. The lowest BCUT2D eigenvalue weighted by Crippen LogP contribution is -2.44. The predicted molar refractivity (Wildman–Crippen MR) is 62.3 cm³/mol. The van der Waals surface area contributed by atoms with Crippen molar-refractivity contribution in [2.45, 2.75) is 19.6 Å². The fourth-order valence-electron chi connectivity index (χ4n) is 1.79. The van der Waals surface area contributed by atoms with Crippen molar-refractivity contribution in [2.24, 2.45) is 0 Å². The zero-order chi connectivity index (χ0) is 13.1. The molecule has 0 N–H and O–H groups in total. The van der Waals surface area contributed by atoms with Crippen molar-refractivity contribution in [3.8, 4) is 5.75 Å². The lowest BCUT2D eigenvalue weighted by Gasteiger charge is -2.31. The van der Waals surface area contributed by atoms with Gasteiger partial charge in [-0.2, -0.15) is 8.78 Å². The Kier molecular flexibility index (Phi) is 4.13. The zero-order valence-corrected chi connectivity index (χ0v) is 10.6. The van der Waals surface area contributed by atoms with Crippen LogP contribution in [0.25, 0.3) is 0 Å². The molecule has 0 saturated carbocycles. The Morgan fingerprint density at radius 1 is 1.67 bits per heavy atom. The summed E-state index contributed by atoms with van der Waals surface area (Å²) in [6, 6.07) is 1.38. The van der Waals surface area contributed by atoms with Gasteiger partial charge < -0.3 is 14.4 Å². The summed E-state index contributed by atoms with van der Waals surface area (Å²) in [7, 11) is 0. The van der Waals surface area contributed by atoms with Gasteiger partial charge in [0.25, 0.3) is 5.91 Å². The van der Waals surface area contributed by atoms with E-state index in [1.165, 1.54) is 6.07 Å². The largest absolute Gasteiger partial charge is 0.433 e. The van der Waals surface area contributed by atoms with E-state index in [4.69, 9.17) is 4.74 Å². The second-order valence-electron chi connectivity index (χ2n) is 3.93. The molecule has 1 fully saturated rings. The van der Waals surface area contributed by atoms with Crippen molar-refractivity contribution in [1.82, 2.24) is 4.90 Å². The molecular weight excluding hydrogens is 264 g/mol. The SMILES string of the molecule is C[C@H]1CN(C(=O)c2sccc2OC(F)F)CCO1. The van der Waals surface area contributed by atoms with Crippen LogP contribution in [0, 0.1) is 0 Å². The smallest absolute Gasteiger partial charge is 0.387 e.